The van der Waals surface area contributed by atoms with Gasteiger partial charge in [-0.1, -0.05) is 36.9 Å². The van der Waals surface area contributed by atoms with Crippen LogP contribution in [0.1, 0.15) is 19.4 Å². The average molecular weight is 428 g/mol. The van der Waals surface area contributed by atoms with Crippen LogP contribution in [-0.4, -0.2) is 26.9 Å². The van der Waals surface area contributed by atoms with E-state index in [0.29, 0.717) is 19.0 Å². The summed E-state index contributed by atoms with van der Waals surface area (Å²) in [5.74, 6) is 0.843. The van der Waals surface area contributed by atoms with E-state index in [1.807, 2.05) is 38.1 Å². The van der Waals surface area contributed by atoms with Crippen molar-refractivity contribution in [3.05, 3.63) is 95.3 Å². The van der Waals surface area contributed by atoms with Crippen molar-refractivity contribution in [3.8, 4) is 0 Å². The van der Waals surface area contributed by atoms with Crippen LogP contribution in [-0.2, 0) is 10.9 Å². The average Bonchev–Trinajstić information content (AvgIpc) is 2.73. The fourth-order valence-electron chi connectivity index (χ4n) is 3.66. The molecule has 0 fully saturated rings. The predicted molar refractivity (Wildman–Crippen MR) is 120 cm³/mol. The van der Waals surface area contributed by atoms with Crippen LogP contribution < -0.4 is 9.80 Å². The van der Waals surface area contributed by atoms with Crippen LogP contribution in [0.2, 0.25) is 0 Å². The summed E-state index contributed by atoms with van der Waals surface area (Å²) in [5, 5.41) is 0. The molecule has 0 radical (unpaired) electrons. The van der Waals surface area contributed by atoms with Gasteiger partial charge in [0.1, 0.15) is 5.76 Å². The van der Waals surface area contributed by atoms with Gasteiger partial charge in [0.05, 0.1) is 5.56 Å². The number of likely N-dealkylation sites (N-methyl/N-ethyl adjacent to an activating group) is 1. The molecule has 0 saturated heterocycles. The van der Waals surface area contributed by atoms with Crippen LogP contribution in [0.5, 0.6) is 0 Å². The summed E-state index contributed by atoms with van der Waals surface area (Å²) >= 11 is 0. The minimum Gasteiger partial charge on any atom is -0.473 e. The van der Waals surface area contributed by atoms with Crippen LogP contribution in [0, 0.1) is 0 Å². The Morgan fingerprint density at radius 1 is 1.16 bits per heavy atom. The highest BCUT2D eigenvalue weighted by molar-refractivity contribution is 5.51. The lowest BCUT2D eigenvalue weighted by atomic mass is 10.1. The molecule has 0 unspecified atom stereocenters. The number of alkyl halides is 3. The number of anilines is 2. The maximum atomic E-state index is 13.0. The van der Waals surface area contributed by atoms with Gasteiger partial charge in [-0.25, -0.2) is 0 Å². The number of ether oxygens (including phenoxy) is 1. The first-order valence-electron chi connectivity index (χ1n) is 10.0. The van der Waals surface area contributed by atoms with E-state index in [1.54, 1.807) is 18.0 Å². The van der Waals surface area contributed by atoms with Gasteiger partial charge in [-0.15, -0.1) is 0 Å². The van der Waals surface area contributed by atoms with Gasteiger partial charge in [-0.2, -0.15) is 13.2 Å². The van der Waals surface area contributed by atoms with E-state index in [2.05, 4.69) is 23.6 Å². The molecular weight excluding hydrogens is 401 g/mol. The van der Waals surface area contributed by atoms with Crippen molar-refractivity contribution in [1.82, 2.24) is 0 Å². The number of hydrogen-bond donors (Lipinski definition) is 0. The zero-order chi connectivity index (χ0) is 22.6. The third-order valence-electron chi connectivity index (χ3n) is 5.14. The largest absolute Gasteiger partial charge is 0.473 e. The van der Waals surface area contributed by atoms with E-state index < -0.39 is 11.7 Å². The molecule has 3 rings (SSSR count). The molecule has 6 heteroatoms. The molecule has 0 bridgehead atoms. The number of rotatable bonds is 6. The first-order valence-corrected chi connectivity index (χ1v) is 10.0. The zero-order valence-corrected chi connectivity index (χ0v) is 18.0. The lowest BCUT2D eigenvalue weighted by Crippen LogP contribution is -2.32. The van der Waals surface area contributed by atoms with Gasteiger partial charge in [0.15, 0.2) is 6.73 Å². The lowest BCUT2D eigenvalue weighted by Gasteiger charge is -2.32. The van der Waals surface area contributed by atoms with Crippen molar-refractivity contribution >= 4 is 11.4 Å². The smallest absolute Gasteiger partial charge is 0.416 e. The van der Waals surface area contributed by atoms with Crippen LogP contribution in [0.3, 0.4) is 0 Å². The Morgan fingerprint density at radius 2 is 1.87 bits per heavy atom. The van der Waals surface area contributed by atoms with Crippen molar-refractivity contribution in [3.63, 3.8) is 0 Å². The molecule has 3 nitrogen and oxygen atoms in total. The van der Waals surface area contributed by atoms with Gasteiger partial charge in [0.2, 0.25) is 0 Å². The quantitative estimate of drug-likeness (QED) is 0.494. The number of hydrogen-bond acceptors (Lipinski definition) is 3. The minimum absolute atomic E-state index is 0.404. The van der Waals surface area contributed by atoms with E-state index in [-0.39, 0.29) is 0 Å². The van der Waals surface area contributed by atoms with E-state index in [1.165, 1.54) is 6.07 Å². The highest BCUT2D eigenvalue weighted by Crippen LogP contribution is 2.32. The Bertz CT molecular complexity index is 993. The molecule has 1 aliphatic heterocycles. The van der Waals surface area contributed by atoms with E-state index in [9.17, 15) is 13.2 Å². The second-order valence-electron chi connectivity index (χ2n) is 7.81. The summed E-state index contributed by atoms with van der Waals surface area (Å²) in [7, 11) is 1.75. The van der Waals surface area contributed by atoms with Crippen molar-refractivity contribution in [1.29, 1.82) is 0 Å². The second-order valence-corrected chi connectivity index (χ2v) is 7.81. The maximum absolute atomic E-state index is 13.0. The highest BCUT2D eigenvalue weighted by atomic mass is 19.4. The molecule has 0 saturated carbocycles. The zero-order valence-electron chi connectivity index (χ0n) is 18.0. The normalized spacial score (nSPS) is 15.0. The lowest BCUT2D eigenvalue weighted by molar-refractivity contribution is -0.137. The second kappa shape index (κ2) is 9.33. The molecule has 2 aromatic carbocycles. The van der Waals surface area contributed by atoms with Crippen LogP contribution in [0.15, 0.2) is 89.7 Å². The fourth-order valence-corrected chi connectivity index (χ4v) is 3.66. The Hall–Kier alpha value is -3.15. The summed E-state index contributed by atoms with van der Waals surface area (Å²) in [4.78, 5) is 3.91. The van der Waals surface area contributed by atoms with E-state index >= 15 is 0 Å². The Balaban J connectivity index is 1.67. The first-order chi connectivity index (χ1) is 14.6. The molecule has 164 valence electrons. The Kier molecular flexibility index (Phi) is 6.78. The summed E-state index contributed by atoms with van der Waals surface area (Å²) < 4.78 is 44.9. The molecule has 31 heavy (non-hydrogen) atoms. The fraction of sp³-hybridized carbons (Fsp3) is 0.280. The molecule has 1 heterocycles. The molecule has 1 aliphatic rings. The van der Waals surface area contributed by atoms with Gasteiger partial charge in [-0.3, -0.25) is 0 Å². The Labute approximate surface area is 181 Å². The number of benzene rings is 2. The molecule has 0 atom stereocenters. The molecule has 0 amide bonds. The van der Waals surface area contributed by atoms with Gasteiger partial charge in [-0.05, 0) is 60.9 Å². The monoisotopic (exact) mass is 428 g/mol. The van der Waals surface area contributed by atoms with Crippen molar-refractivity contribution in [2.75, 3.05) is 36.7 Å². The topological polar surface area (TPSA) is 15.7 Å². The first kappa shape index (κ1) is 22.5. The van der Waals surface area contributed by atoms with Gasteiger partial charge >= 0.3 is 6.18 Å². The van der Waals surface area contributed by atoms with Crippen LogP contribution >= 0.6 is 0 Å². The predicted octanol–water partition coefficient (Wildman–Crippen LogP) is 6.41. The molecule has 0 aromatic heterocycles. The number of nitrogens with zero attached hydrogens (tertiary/aromatic N) is 2. The van der Waals surface area contributed by atoms with Crippen molar-refractivity contribution in [2.24, 2.45) is 0 Å². The summed E-state index contributed by atoms with van der Waals surface area (Å²) in [6.07, 6.45) is -2.43. The van der Waals surface area contributed by atoms with E-state index in [0.717, 1.165) is 46.8 Å². The number of allylic oxidation sites excluding steroid dienone is 1. The third kappa shape index (κ3) is 5.72. The molecular formula is C25H27F3N2O. The third-order valence-corrected chi connectivity index (χ3v) is 5.14. The minimum atomic E-state index is -4.36. The molecule has 0 aliphatic carbocycles. The summed E-state index contributed by atoms with van der Waals surface area (Å²) in [5.41, 5.74) is 3.79. The van der Waals surface area contributed by atoms with E-state index in [4.69, 9.17) is 4.74 Å². The van der Waals surface area contributed by atoms with Crippen molar-refractivity contribution < 1.29 is 17.9 Å². The van der Waals surface area contributed by atoms with Crippen LogP contribution in [0.25, 0.3) is 0 Å². The molecule has 0 spiro atoms. The van der Waals surface area contributed by atoms with Gasteiger partial charge in [0.25, 0.3) is 0 Å². The molecule has 0 N–H and O–H groups in total. The van der Waals surface area contributed by atoms with Crippen LogP contribution in [0.4, 0.5) is 24.5 Å². The Morgan fingerprint density at radius 3 is 2.52 bits per heavy atom. The number of para-hydroxylation sites is 1. The van der Waals surface area contributed by atoms with Crippen molar-refractivity contribution in [2.45, 2.75) is 20.0 Å². The van der Waals surface area contributed by atoms with Gasteiger partial charge < -0.3 is 14.5 Å². The SMILES string of the molecule is C=C(/C=C(\C)C1=C(C)CN(c2ccccc2)CO1)CN(C)c1cccc(C(F)(F)F)c1. The standard InChI is InChI=1S/C25H27F3N2O/c1-18(15-29(4)23-12-8-9-21(14-23)25(26,27)28)13-19(2)24-20(3)16-30(17-31-24)22-10-6-5-7-11-22/h5-14H,1,15-17H2,2-4H3/b19-13+. The maximum Gasteiger partial charge on any atom is 0.416 e. The van der Waals surface area contributed by atoms with Gasteiger partial charge in [0, 0.05) is 31.5 Å². The highest BCUT2D eigenvalue weighted by Gasteiger charge is 2.30. The molecule has 2 aromatic rings. The number of halogens is 3. The summed E-state index contributed by atoms with van der Waals surface area (Å²) in [6.45, 7) is 9.72. The summed E-state index contributed by atoms with van der Waals surface area (Å²) in [6, 6.07) is 15.4.